The monoisotopic (exact) mass is 558 g/mol. The molecule has 5 aromatic rings. The van der Waals surface area contributed by atoms with Crippen LogP contribution in [0.5, 0.6) is 17.2 Å². The minimum atomic E-state index is -1.20. The first-order valence-electron chi connectivity index (χ1n) is 13.8. The fraction of sp³-hybridized carbons (Fsp3) is 0.114. The molecule has 0 bridgehead atoms. The molecule has 6 nitrogen and oxygen atoms in total. The van der Waals surface area contributed by atoms with Crippen molar-refractivity contribution in [3.8, 4) is 17.2 Å². The van der Waals surface area contributed by atoms with Crippen molar-refractivity contribution in [2.24, 2.45) is 0 Å². The molecule has 0 fully saturated rings. The predicted molar refractivity (Wildman–Crippen MR) is 160 cm³/mol. The fourth-order valence-electron chi connectivity index (χ4n) is 5.72. The van der Waals surface area contributed by atoms with Gasteiger partial charge in [-0.1, -0.05) is 36.4 Å². The molecule has 2 aliphatic heterocycles. The molecule has 0 aliphatic carbocycles. The molecule has 2 N–H and O–H groups in total. The van der Waals surface area contributed by atoms with E-state index in [2.05, 4.69) is 10.6 Å². The molecule has 7 rings (SSSR count). The van der Waals surface area contributed by atoms with Gasteiger partial charge < -0.3 is 24.8 Å². The number of esters is 1. The van der Waals surface area contributed by atoms with Gasteiger partial charge in [-0.3, -0.25) is 0 Å². The molecule has 2 heterocycles. The summed E-state index contributed by atoms with van der Waals surface area (Å²) >= 11 is 0. The molecular weight excluding hydrogens is 531 g/mol. The Balaban J connectivity index is 1.34. The average Bonchev–Trinajstić information content (AvgIpc) is 3.28. The lowest BCUT2D eigenvalue weighted by molar-refractivity contribution is 0.0224. The van der Waals surface area contributed by atoms with Gasteiger partial charge in [0.1, 0.15) is 23.1 Å². The third-order valence-corrected chi connectivity index (χ3v) is 7.58. The Morgan fingerprint density at radius 2 is 1.43 bits per heavy atom. The van der Waals surface area contributed by atoms with Crippen LogP contribution in [0.3, 0.4) is 0 Å². The molecule has 2 aliphatic rings. The number of rotatable bonds is 6. The highest BCUT2D eigenvalue weighted by Gasteiger charge is 2.53. The van der Waals surface area contributed by atoms with Crippen LogP contribution in [-0.2, 0) is 10.3 Å². The van der Waals surface area contributed by atoms with Gasteiger partial charge >= 0.3 is 5.97 Å². The normalized spacial score (nSPS) is 16.1. The Bertz CT molecular complexity index is 1870. The van der Waals surface area contributed by atoms with Gasteiger partial charge in [0.05, 0.1) is 23.5 Å². The van der Waals surface area contributed by atoms with E-state index in [1.807, 2.05) is 92.7 Å². The zero-order chi connectivity index (χ0) is 28.8. The number of halogens is 1. The van der Waals surface area contributed by atoms with Gasteiger partial charge in [-0.15, -0.1) is 0 Å². The lowest BCUT2D eigenvalue weighted by Gasteiger charge is -2.37. The predicted octanol–water partition coefficient (Wildman–Crippen LogP) is 8.59. The summed E-state index contributed by atoms with van der Waals surface area (Å²) < 4.78 is 33.2. The van der Waals surface area contributed by atoms with Crippen LogP contribution < -0.4 is 20.1 Å². The first-order chi connectivity index (χ1) is 20.5. The van der Waals surface area contributed by atoms with E-state index in [1.165, 1.54) is 6.07 Å². The largest absolute Gasteiger partial charge is 0.492 e. The summed E-state index contributed by atoms with van der Waals surface area (Å²) in [5.74, 6) is 1.01. The molecule has 0 radical (unpaired) electrons. The Hall–Kier alpha value is -5.30. The molecule has 208 valence electrons. The molecule has 1 spiro atoms. The Morgan fingerprint density at radius 3 is 2.14 bits per heavy atom. The minimum Gasteiger partial charge on any atom is -0.492 e. The number of carbonyl (C=O) groups excluding carboxylic acids is 1. The van der Waals surface area contributed by atoms with Crippen molar-refractivity contribution in [2.75, 3.05) is 17.2 Å². The highest BCUT2D eigenvalue weighted by molar-refractivity contribution is 5.97. The van der Waals surface area contributed by atoms with E-state index >= 15 is 0 Å². The SMILES string of the molecule is CCOc1ccccc1Nc1ccc2c(c1)Oc1cc(Nc3ccc(C)cc3F)ccc1C21OC(=O)c2ccccc21. The van der Waals surface area contributed by atoms with Crippen LogP contribution in [0, 0.1) is 12.7 Å². The number of hydrogen-bond donors (Lipinski definition) is 2. The molecule has 0 aromatic heterocycles. The average molecular weight is 559 g/mol. The summed E-state index contributed by atoms with van der Waals surface area (Å²) in [5, 5.41) is 6.58. The number of anilines is 4. The van der Waals surface area contributed by atoms with Crippen LogP contribution in [0.1, 0.15) is 39.5 Å². The van der Waals surface area contributed by atoms with Crippen molar-refractivity contribution in [1.29, 1.82) is 0 Å². The second-order valence-electron chi connectivity index (χ2n) is 10.3. The molecular formula is C35H27FN2O4. The number of para-hydroxylation sites is 2. The van der Waals surface area contributed by atoms with Crippen molar-refractivity contribution in [1.82, 2.24) is 0 Å². The maximum Gasteiger partial charge on any atom is 0.340 e. The van der Waals surface area contributed by atoms with Crippen LogP contribution in [-0.4, -0.2) is 12.6 Å². The molecule has 42 heavy (non-hydrogen) atoms. The highest BCUT2D eigenvalue weighted by Crippen LogP contribution is 2.57. The standard InChI is InChI=1S/C35H27FN2O4/c1-3-40-31-11-7-6-10-30(31)38-23-14-16-27-33(20-23)41-32-19-22(37-29-17-12-21(2)18-28(29)36)13-15-26(32)35(27)25-9-5-4-8-24(25)34(39)42-35/h4-20,37-38H,3H2,1-2H3. The number of fused-ring (bicyclic) bond motifs is 6. The Kier molecular flexibility index (Phi) is 6.08. The summed E-state index contributed by atoms with van der Waals surface area (Å²) in [6, 6.07) is 31.4. The van der Waals surface area contributed by atoms with Gasteiger partial charge in [-0.2, -0.15) is 0 Å². The highest BCUT2D eigenvalue weighted by atomic mass is 19.1. The van der Waals surface area contributed by atoms with Crippen LogP contribution in [0.15, 0.2) is 103 Å². The zero-order valence-electron chi connectivity index (χ0n) is 23.0. The summed E-state index contributed by atoms with van der Waals surface area (Å²) in [5.41, 5.74) is 4.85. The smallest absolute Gasteiger partial charge is 0.340 e. The number of carbonyl (C=O) groups is 1. The van der Waals surface area contributed by atoms with Gasteiger partial charge in [0.15, 0.2) is 5.60 Å². The van der Waals surface area contributed by atoms with E-state index in [9.17, 15) is 9.18 Å². The summed E-state index contributed by atoms with van der Waals surface area (Å²) in [6.07, 6.45) is 0. The summed E-state index contributed by atoms with van der Waals surface area (Å²) in [7, 11) is 0. The molecule has 0 saturated heterocycles. The van der Waals surface area contributed by atoms with Crippen molar-refractivity contribution in [2.45, 2.75) is 19.4 Å². The second-order valence-corrected chi connectivity index (χ2v) is 10.3. The molecule has 7 heteroatoms. The van der Waals surface area contributed by atoms with E-state index in [0.29, 0.717) is 46.2 Å². The quantitative estimate of drug-likeness (QED) is 0.204. The maximum absolute atomic E-state index is 14.7. The summed E-state index contributed by atoms with van der Waals surface area (Å²) in [6.45, 7) is 4.33. The molecule has 0 saturated carbocycles. The van der Waals surface area contributed by atoms with Crippen LogP contribution in [0.4, 0.5) is 27.1 Å². The molecule has 5 aromatic carbocycles. The number of ether oxygens (including phenoxy) is 3. The van der Waals surface area contributed by atoms with Gasteiger partial charge in [0.25, 0.3) is 0 Å². The number of hydrogen-bond acceptors (Lipinski definition) is 6. The Labute approximate surface area is 242 Å². The number of aryl methyl sites for hydroxylation is 1. The maximum atomic E-state index is 14.7. The number of nitrogens with one attached hydrogen (secondary N) is 2. The van der Waals surface area contributed by atoms with Crippen molar-refractivity contribution < 1.29 is 23.4 Å². The van der Waals surface area contributed by atoms with Gasteiger partial charge in [-0.05, 0) is 74.0 Å². The number of benzene rings is 5. The van der Waals surface area contributed by atoms with Crippen LogP contribution >= 0.6 is 0 Å². The Morgan fingerprint density at radius 1 is 0.762 bits per heavy atom. The van der Waals surface area contributed by atoms with Gasteiger partial charge in [0.2, 0.25) is 0 Å². The lowest BCUT2D eigenvalue weighted by Crippen LogP contribution is -2.33. The van der Waals surface area contributed by atoms with E-state index in [4.69, 9.17) is 14.2 Å². The molecule has 1 unspecified atom stereocenters. The van der Waals surface area contributed by atoms with Crippen molar-refractivity contribution >= 4 is 28.7 Å². The van der Waals surface area contributed by atoms with E-state index < -0.39 is 11.6 Å². The lowest BCUT2D eigenvalue weighted by atomic mass is 9.77. The minimum absolute atomic E-state index is 0.350. The van der Waals surface area contributed by atoms with Crippen LogP contribution in [0.2, 0.25) is 0 Å². The van der Waals surface area contributed by atoms with E-state index in [0.717, 1.165) is 28.3 Å². The summed E-state index contributed by atoms with van der Waals surface area (Å²) in [4.78, 5) is 13.2. The van der Waals surface area contributed by atoms with Gasteiger partial charge in [-0.25, -0.2) is 9.18 Å². The topological polar surface area (TPSA) is 68.8 Å². The fourth-order valence-corrected chi connectivity index (χ4v) is 5.72. The first kappa shape index (κ1) is 25.7. The zero-order valence-corrected chi connectivity index (χ0v) is 23.0. The van der Waals surface area contributed by atoms with Crippen molar-refractivity contribution in [3.05, 3.63) is 137 Å². The third kappa shape index (κ3) is 4.13. The third-order valence-electron chi connectivity index (χ3n) is 7.58. The first-order valence-corrected chi connectivity index (χ1v) is 13.8. The van der Waals surface area contributed by atoms with Gasteiger partial charge in [0, 0.05) is 40.2 Å². The van der Waals surface area contributed by atoms with Crippen LogP contribution in [0.25, 0.3) is 0 Å². The second kappa shape index (κ2) is 9.96. The van der Waals surface area contributed by atoms with Crippen molar-refractivity contribution in [3.63, 3.8) is 0 Å². The van der Waals surface area contributed by atoms with E-state index in [1.54, 1.807) is 18.2 Å². The molecule has 1 atom stereocenters. The van der Waals surface area contributed by atoms with E-state index in [-0.39, 0.29) is 5.82 Å². The molecule has 0 amide bonds.